The maximum absolute atomic E-state index is 3.68. The smallest absolute Gasteiger partial charge is 0.0244 e. The van der Waals surface area contributed by atoms with E-state index in [1.165, 1.54) is 32.6 Å². The zero-order valence-electron chi connectivity index (χ0n) is 13.3. The fraction of sp³-hybridized carbons (Fsp3) is 1.00. The summed E-state index contributed by atoms with van der Waals surface area (Å²) in [7, 11) is 2.24. The summed E-state index contributed by atoms with van der Waals surface area (Å²) in [5.41, 5.74) is 0.218. The first kappa shape index (κ1) is 15.9. The van der Waals surface area contributed by atoms with E-state index in [-0.39, 0.29) is 5.54 Å². The van der Waals surface area contributed by atoms with Crippen molar-refractivity contribution in [2.45, 2.75) is 52.6 Å². The van der Waals surface area contributed by atoms with Gasteiger partial charge in [0, 0.05) is 31.2 Å². The minimum absolute atomic E-state index is 0.218. The van der Waals surface area contributed by atoms with Crippen molar-refractivity contribution in [3.63, 3.8) is 0 Å². The molecule has 1 unspecified atom stereocenters. The van der Waals surface area contributed by atoms with Crippen LogP contribution in [0.1, 0.15) is 41.0 Å². The SMILES string of the molecule is CC(C)C(CNC(C)(C)C)N1CCCN(C)CC1. The van der Waals surface area contributed by atoms with Gasteiger partial charge in [0.25, 0.3) is 0 Å². The number of likely N-dealkylation sites (N-methyl/N-ethyl adjacent to an activating group) is 1. The Hall–Kier alpha value is -0.120. The van der Waals surface area contributed by atoms with Gasteiger partial charge in [-0.3, -0.25) is 4.90 Å². The molecule has 1 atom stereocenters. The topological polar surface area (TPSA) is 18.5 Å². The Kier molecular flexibility index (Phi) is 6.09. The second-order valence-corrected chi connectivity index (χ2v) is 7.14. The zero-order valence-corrected chi connectivity index (χ0v) is 13.3. The van der Waals surface area contributed by atoms with Gasteiger partial charge in [0.05, 0.1) is 0 Å². The van der Waals surface area contributed by atoms with Gasteiger partial charge in [-0.1, -0.05) is 13.8 Å². The van der Waals surface area contributed by atoms with Crippen molar-refractivity contribution in [2.24, 2.45) is 5.92 Å². The van der Waals surface area contributed by atoms with Gasteiger partial charge in [0.1, 0.15) is 0 Å². The van der Waals surface area contributed by atoms with Gasteiger partial charge < -0.3 is 10.2 Å². The lowest BCUT2D eigenvalue weighted by Gasteiger charge is -2.36. The standard InChI is InChI=1S/C15H33N3/c1-13(2)14(12-16-15(3,4)5)18-9-7-8-17(6)10-11-18/h13-14,16H,7-12H2,1-6H3. The van der Waals surface area contributed by atoms with E-state index in [2.05, 4.69) is 56.8 Å². The van der Waals surface area contributed by atoms with Crippen molar-refractivity contribution < 1.29 is 0 Å². The fourth-order valence-electron chi connectivity index (χ4n) is 2.60. The molecule has 3 heteroatoms. The van der Waals surface area contributed by atoms with E-state index in [0.717, 1.165) is 6.54 Å². The molecule has 0 amide bonds. The van der Waals surface area contributed by atoms with Crippen LogP contribution in [0.15, 0.2) is 0 Å². The van der Waals surface area contributed by atoms with E-state index in [0.29, 0.717) is 12.0 Å². The van der Waals surface area contributed by atoms with Crippen LogP contribution < -0.4 is 5.32 Å². The summed E-state index contributed by atoms with van der Waals surface area (Å²) in [5, 5.41) is 3.68. The van der Waals surface area contributed by atoms with Crippen LogP contribution in [0, 0.1) is 5.92 Å². The van der Waals surface area contributed by atoms with Crippen molar-refractivity contribution >= 4 is 0 Å². The quantitative estimate of drug-likeness (QED) is 0.829. The average molecular weight is 255 g/mol. The van der Waals surface area contributed by atoms with Gasteiger partial charge >= 0.3 is 0 Å². The molecule has 0 radical (unpaired) electrons. The number of hydrogen-bond acceptors (Lipinski definition) is 3. The third-order valence-corrected chi connectivity index (χ3v) is 3.83. The predicted octanol–water partition coefficient (Wildman–Crippen LogP) is 2.04. The minimum atomic E-state index is 0.218. The molecule has 0 bridgehead atoms. The van der Waals surface area contributed by atoms with Crippen molar-refractivity contribution in [3.8, 4) is 0 Å². The fourth-order valence-corrected chi connectivity index (χ4v) is 2.60. The van der Waals surface area contributed by atoms with Crippen LogP contribution in [-0.4, -0.2) is 61.2 Å². The Morgan fingerprint density at radius 1 is 1.06 bits per heavy atom. The Morgan fingerprint density at radius 2 is 1.72 bits per heavy atom. The molecule has 0 spiro atoms. The lowest BCUT2D eigenvalue weighted by Crippen LogP contribution is -2.50. The maximum atomic E-state index is 3.68. The van der Waals surface area contributed by atoms with Crippen LogP contribution in [0.5, 0.6) is 0 Å². The summed E-state index contributed by atoms with van der Waals surface area (Å²) in [4.78, 5) is 5.14. The van der Waals surface area contributed by atoms with E-state index in [1.54, 1.807) is 0 Å². The zero-order chi connectivity index (χ0) is 13.8. The lowest BCUT2D eigenvalue weighted by atomic mass is 10.00. The van der Waals surface area contributed by atoms with Crippen LogP contribution in [0.25, 0.3) is 0 Å². The molecule has 1 fully saturated rings. The molecule has 108 valence electrons. The second-order valence-electron chi connectivity index (χ2n) is 7.14. The van der Waals surface area contributed by atoms with Crippen molar-refractivity contribution in [1.82, 2.24) is 15.1 Å². The Labute approximate surface area is 114 Å². The summed E-state index contributed by atoms with van der Waals surface area (Å²) in [6, 6.07) is 0.663. The molecule has 0 aromatic rings. The Morgan fingerprint density at radius 3 is 2.28 bits per heavy atom. The normalized spacial score (nSPS) is 22.2. The van der Waals surface area contributed by atoms with Gasteiger partial charge in [0.2, 0.25) is 0 Å². The molecule has 0 saturated carbocycles. The second kappa shape index (κ2) is 6.88. The van der Waals surface area contributed by atoms with Gasteiger partial charge in [-0.25, -0.2) is 0 Å². The average Bonchev–Trinajstić information content (AvgIpc) is 2.42. The van der Waals surface area contributed by atoms with Crippen molar-refractivity contribution in [3.05, 3.63) is 0 Å². The van der Waals surface area contributed by atoms with Crippen LogP contribution in [-0.2, 0) is 0 Å². The van der Waals surface area contributed by atoms with Gasteiger partial charge in [-0.15, -0.1) is 0 Å². The molecule has 18 heavy (non-hydrogen) atoms. The van der Waals surface area contributed by atoms with Crippen molar-refractivity contribution in [1.29, 1.82) is 0 Å². The number of hydrogen-bond donors (Lipinski definition) is 1. The molecule has 1 aliphatic rings. The molecule has 3 nitrogen and oxygen atoms in total. The van der Waals surface area contributed by atoms with Gasteiger partial charge in [-0.2, -0.15) is 0 Å². The molecule has 0 aromatic carbocycles. The van der Waals surface area contributed by atoms with Crippen LogP contribution in [0.4, 0.5) is 0 Å². The number of nitrogens with zero attached hydrogens (tertiary/aromatic N) is 2. The highest BCUT2D eigenvalue weighted by Gasteiger charge is 2.24. The van der Waals surface area contributed by atoms with E-state index in [4.69, 9.17) is 0 Å². The summed E-state index contributed by atoms with van der Waals surface area (Å²) in [6.07, 6.45) is 1.30. The number of nitrogens with one attached hydrogen (secondary N) is 1. The van der Waals surface area contributed by atoms with Gasteiger partial charge in [0.15, 0.2) is 0 Å². The third-order valence-electron chi connectivity index (χ3n) is 3.83. The first-order chi connectivity index (χ1) is 8.29. The van der Waals surface area contributed by atoms with Crippen molar-refractivity contribution in [2.75, 3.05) is 39.8 Å². The Bertz CT molecular complexity index is 232. The predicted molar refractivity (Wildman–Crippen MR) is 80.1 cm³/mol. The summed E-state index contributed by atoms with van der Waals surface area (Å²) >= 11 is 0. The van der Waals surface area contributed by atoms with E-state index in [1.807, 2.05) is 0 Å². The highest BCUT2D eigenvalue weighted by atomic mass is 15.2. The molecule has 0 aromatic heterocycles. The summed E-state index contributed by atoms with van der Waals surface area (Å²) in [6.45, 7) is 17.5. The molecular weight excluding hydrogens is 222 g/mol. The van der Waals surface area contributed by atoms with E-state index in [9.17, 15) is 0 Å². The lowest BCUT2D eigenvalue weighted by molar-refractivity contribution is 0.149. The maximum Gasteiger partial charge on any atom is 0.0244 e. The molecule has 1 heterocycles. The largest absolute Gasteiger partial charge is 0.311 e. The third kappa shape index (κ3) is 5.68. The minimum Gasteiger partial charge on any atom is -0.311 e. The highest BCUT2D eigenvalue weighted by Crippen LogP contribution is 2.14. The molecular formula is C15H33N3. The molecule has 1 N–H and O–H groups in total. The Balaban J connectivity index is 2.55. The molecule has 1 rings (SSSR count). The molecule has 0 aliphatic carbocycles. The molecule has 1 aliphatic heterocycles. The van der Waals surface area contributed by atoms with Crippen LogP contribution in [0.3, 0.4) is 0 Å². The van der Waals surface area contributed by atoms with Crippen LogP contribution >= 0.6 is 0 Å². The number of rotatable bonds is 4. The summed E-state index contributed by atoms with van der Waals surface area (Å²) < 4.78 is 0. The van der Waals surface area contributed by atoms with Crippen LogP contribution in [0.2, 0.25) is 0 Å². The monoisotopic (exact) mass is 255 g/mol. The van der Waals surface area contributed by atoms with E-state index >= 15 is 0 Å². The first-order valence-electron chi connectivity index (χ1n) is 7.47. The molecule has 1 saturated heterocycles. The van der Waals surface area contributed by atoms with Gasteiger partial charge in [-0.05, 0) is 53.2 Å². The van der Waals surface area contributed by atoms with E-state index < -0.39 is 0 Å². The first-order valence-corrected chi connectivity index (χ1v) is 7.47. The highest BCUT2D eigenvalue weighted by molar-refractivity contribution is 4.83. The summed E-state index contributed by atoms with van der Waals surface area (Å²) in [5.74, 6) is 0.711.